The third-order valence-corrected chi connectivity index (χ3v) is 2.94. The van der Waals surface area contributed by atoms with Crippen LogP contribution in [0.2, 0.25) is 0 Å². The molecule has 2 unspecified atom stereocenters. The van der Waals surface area contributed by atoms with Gasteiger partial charge in [-0.25, -0.2) is 0 Å². The maximum atomic E-state index is 10.6. The molecular formula is C14H20O5. The van der Waals surface area contributed by atoms with Crippen molar-refractivity contribution in [1.82, 2.24) is 0 Å². The van der Waals surface area contributed by atoms with E-state index in [-0.39, 0.29) is 12.3 Å². The van der Waals surface area contributed by atoms with Gasteiger partial charge in [0.2, 0.25) is 0 Å². The molecule has 0 fully saturated rings. The number of aliphatic hydroxyl groups is 1. The van der Waals surface area contributed by atoms with Crippen LogP contribution in [-0.4, -0.2) is 30.4 Å². The van der Waals surface area contributed by atoms with Crippen molar-refractivity contribution < 1.29 is 24.5 Å². The van der Waals surface area contributed by atoms with E-state index < -0.39 is 12.1 Å². The van der Waals surface area contributed by atoms with E-state index in [1.807, 2.05) is 0 Å². The maximum Gasteiger partial charge on any atom is 0.303 e. The lowest BCUT2D eigenvalue weighted by atomic mass is 9.95. The van der Waals surface area contributed by atoms with Gasteiger partial charge in [-0.3, -0.25) is 4.79 Å². The fraction of sp³-hybridized carbons (Fsp3) is 0.500. The molecule has 0 heterocycles. The molecular weight excluding hydrogens is 248 g/mol. The Morgan fingerprint density at radius 3 is 2.42 bits per heavy atom. The number of aliphatic hydroxyl groups excluding tert-OH is 1. The summed E-state index contributed by atoms with van der Waals surface area (Å²) >= 11 is 0. The third kappa shape index (κ3) is 4.44. The van der Waals surface area contributed by atoms with E-state index >= 15 is 0 Å². The zero-order valence-corrected chi connectivity index (χ0v) is 11.4. The molecule has 1 aromatic carbocycles. The quantitative estimate of drug-likeness (QED) is 0.793. The molecule has 0 aromatic heterocycles. The molecule has 0 saturated carbocycles. The first kappa shape index (κ1) is 15.3. The minimum Gasteiger partial charge on any atom is -0.493 e. The van der Waals surface area contributed by atoms with Crippen LogP contribution in [0.4, 0.5) is 0 Å². The Morgan fingerprint density at radius 1 is 1.26 bits per heavy atom. The van der Waals surface area contributed by atoms with Crippen molar-refractivity contribution in [3.05, 3.63) is 23.8 Å². The van der Waals surface area contributed by atoms with Crippen LogP contribution in [0.5, 0.6) is 11.5 Å². The number of hydrogen-bond donors (Lipinski definition) is 2. The Bertz CT molecular complexity index is 430. The van der Waals surface area contributed by atoms with E-state index in [1.165, 1.54) is 7.11 Å². The monoisotopic (exact) mass is 268 g/mol. The number of carbonyl (C=O) groups is 1. The fourth-order valence-electron chi connectivity index (χ4n) is 1.96. The van der Waals surface area contributed by atoms with Gasteiger partial charge in [0.1, 0.15) is 0 Å². The average molecular weight is 268 g/mol. The molecule has 5 nitrogen and oxygen atoms in total. The molecule has 1 rings (SSSR count). The number of methoxy groups -OCH3 is 2. The van der Waals surface area contributed by atoms with Crippen molar-refractivity contribution in [1.29, 1.82) is 0 Å². The number of aliphatic carboxylic acids is 1. The highest BCUT2D eigenvalue weighted by Crippen LogP contribution is 2.32. The molecule has 2 N–H and O–H groups in total. The number of benzene rings is 1. The summed E-state index contributed by atoms with van der Waals surface area (Å²) in [6.07, 6.45) is -0.277. The van der Waals surface area contributed by atoms with Gasteiger partial charge in [-0.2, -0.15) is 0 Å². The molecule has 5 heteroatoms. The SMILES string of the molecule is COc1ccc(C(O)CC(C)CC(=O)O)cc1OC. The van der Waals surface area contributed by atoms with E-state index in [9.17, 15) is 9.90 Å². The predicted octanol–water partition coefficient (Wildman–Crippen LogP) is 2.24. The molecule has 2 atom stereocenters. The molecule has 19 heavy (non-hydrogen) atoms. The van der Waals surface area contributed by atoms with Crippen LogP contribution in [0.25, 0.3) is 0 Å². The zero-order valence-electron chi connectivity index (χ0n) is 11.4. The first-order valence-corrected chi connectivity index (χ1v) is 6.09. The van der Waals surface area contributed by atoms with Crippen molar-refractivity contribution in [2.24, 2.45) is 5.92 Å². The van der Waals surface area contributed by atoms with Gasteiger partial charge in [-0.05, 0) is 30.0 Å². The molecule has 0 spiro atoms. The molecule has 0 aliphatic heterocycles. The van der Waals surface area contributed by atoms with Crippen molar-refractivity contribution in [3.8, 4) is 11.5 Å². The molecule has 0 saturated heterocycles. The fourth-order valence-corrected chi connectivity index (χ4v) is 1.96. The number of ether oxygens (including phenoxy) is 2. The summed E-state index contributed by atoms with van der Waals surface area (Å²) in [4.78, 5) is 10.6. The van der Waals surface area contributed by atoms with Crippen molar-refractivity contribution >= 4 is 5.97 Å². The lowest BCUT2D eigenvalue weighted by Crippen LogP contribution is -2.09. The topological polar surface area (TPSA) is 76.0 Å². The van der Waals surface area contributed by atoms with Crippen LogP contribution in [0.3, 0.4) is 0 Å². The Morgan fingerprint density at radius 2 is 1.89 bits per heavy atom. The van der Waals surface area contributed by atoms with Crippen LogP contribution in [-0.2, 0) is 4.79 Å². The molecule has 0 bridgehead atoms. The normalized spacial score (nSPS) is 13.7. The predicted molar refractivity (Wildman–Crippen MR) is 70.5 cm³/mol. The van der Waals surface area contributed by atoms with Crippen molar-refractivity contribution in [2.75, 3.05) is 14.2 Å². The largest absolute Gasteiger partial charge is 0.493 e. The second-order valence-electron chi connectivity index (χ2n) is 4.57. The molecule has 0 amide bonds. The Hall–Kier alpha value is -1.75. The standard InChI is InChI=1S/C14H20O5/c1-9(7-14(16)17)6-11(15)10-4-5-12(18-2)13(8-10)19-3/h4-5,8-9,11,15H,6-7H2,1-3H3,(H,16,17). The Balaban J connectivity index is 2.76. The molecule has 0 aliphatic rings. The third-order valence-electron chi connectivity index (χ3n) is 2.94. The Labute approximate surface area is 112 Å². The zero-order chi connectivity index (χ0) is 14.4. The number of hydrogen-bond acceptors (Lipinski definition) is 4. The minimum absolute atomic E-state index is 0.0460. The van der Waals surface area contributed by atoms with E-state index in [0.717, 1.165) is 0 Å². The number of carboxylic acids is 1. The molecule has 106 valence electrons. The van der Waals surface area contributed by atoms with Gasteiger partial charge in [-0.1, -0.05) is 13.0 Å². The number of rotatable bonds is 7. The average Bonchev–Trinajstić information content (AvgIpc) is 2.36. The van der Waals surface area contributed by atoms with Gasteiger partial charge in [0, 0.05) is 6.42 Å². The van der Waals surface area contributed by atoms with E-state index in [0.29, 0.717) is 23.5 Å². The van der Waals surface area contributed by atoms with E-state index in [2.05, 4.69) is 0 Å². The van der Waals surface area contributed by atoms with Crippen LogP contribution >= 0.6 is 0 Å². The lowest BCUT2D eigenvalue weighted by molar-refractivity contribution is -0.138. The second kappa shape index (κ2) is 6.99. The second-order valence-corrected chi connectivity index (χ2v) is 4.57. The van der Waals surface area contributed by atoms with Gasteiger partial charge in [0.15, 0.2) is 11.5 Å². The highest BCUT2D eigenvalue weighted by molar-refractivity contribution is 5.66. The maximum absolute atomic E-state index is 10.6. The highest BCUT2D eigenvalue weighted by atomic mass is 16.5. The summed E-state index contributed by atoms with van der Waals surface area (Å²) in [5.74, 6) is 0.189. The minimum atomic E-state index is -0.855. The molecule has 1 aromatic rings. The summed E-state index contributed by atoms with van der Waals surface area (Å²) < 4.78 is 10.3. The van der Waals surface area contributed by atoms with Crippen molar-refractivity contribution in [3.63, 3.8) is 0 Å². The summed E-state index contributed by atoms with van der Waals surface area (Å²) in [6, 6.07) is 5.18. The van der Waals surface area contributed by atoms with Crippen LogP contribution in [0.1, 0.15) is 31.4 Å². The van der Waals surface area contributed by atoms with E-state index in [4.69, 9.17) is 14.6 Å². The van der Waals surface area contributed by atoms with E-state index in [1.54, 1.807) is 32.2 Å². The smallest absolute Gasteiger partial charge is 0.303 e. The molecule has 0 radical (unpaired) electrons. The first-order chi connectivity index (χ1) is 8.97. The summed E-state index contributed by atoms with van der Waals surface area (Å²) in [5.41, 5.74) is 0.690. The number of carboxylic acid groups (broad SMARTS) is 1. The van der Waals surface area contributed by atoms with Gasteiger partial charge in [0.25, 0.3) is 0 Å². The van der Waals surface area contributed by atoms with Crippen LogP contribution < -0.4 is 9.47 Å². The van der Waals surface area contributed by atoms with Crippen LogP contribution in [0.15, 0.2) is 18.2 Å². The molecule has 0 aliphatic carbocycles. The summed E-state index contributed by atoms with van der Waals surface area (Å²) in [7, 11) is 3.07. The van der Waals surface area contributed by atoms with Crippen LogP contribution in [0, 0.1) is 5.92 Å². The lowest BCUT2D eigenvalue weighted by Gasteiger charge is -2.17. The van der Waals surface area contributed by atoms with Gasteiger partial charge < -0.3 is 19.7 Å². The van der Waals surface area contributed by atoms with Gasteiger partial charge in [0.05, 0.1) is 20.3 Å². The van der Waals surface area contributed by atoms with Crippen molar-refractivity contribution in [2.45, 2.75) is 25.9 Å². The van der Waals surface area contributed by atoms with Gasteiger partial charge in [-0.15, -0.1) is 0 Å². The highest BCUT2D eigenvalue weighted by Gasteiger charge is 2.16. The Kier molecular flexibility index (Phi) is 5.63. The first-order valence-electron chi connectivity index (χ1n) is 6.09. The summed E-state index contributed by atoms with van der Waals surface area (Å²) in [5, 5.41) is 18.8. The van der Waals surface area contributed by atoms with Gasteiger partial charge >= 0.3 is 5.97 Å². The summed E-state index contributed by atoms with van der Waals surface area (Å²) in [6.45, 7) is 1.80.